The maximum absolute atomic E-state index is 12.4. The second kappa shape index (κ2) is 4.34. The highest BCUT2D eigenvalue weighted by Gasteiger charge is 2.64. The summed E-state index contributed by atoms with van der Waals surface area (Å²) in [5, 5.41) is 9.32. The van der Waals surface area contributed by atoms with E-state index in [0.717, 1.165) is 5.56 Å². The smallest absolute Gasteiger partial charge is 0.248 e. The SMILES string of the molecule is N#CC1(C(=O)c2ccccc2)OC1c1ccccc1. The van der Waals surface area contributed by atoms with E-state index in [1.165, 1.54) is 0 Å². The molecule has 0 amide bonds. The first-order chi connectivity index (χ1) is 9.28. The summed E-state index contributed by atoms with van der Waals surface area (Å²) in [5.41, 5.74) is -0.00119. The van der Waals surface area contributed by atoms with Crippen molar-refractivity contribution in [3.8, 4) is 6.07 Å². The number of hydrogen-bond donors (Lipinski definition) is 0. The summed E-state index contributed by atoms with van der Waals surface area (Å²) in [6.45, 7) is 0. The van der Waals surface area contributed by atoms with Gasteiger partial charge in [0.15, 0.2) is 0 Å². The predicted octanol–water partition coefficient (Wildman–Crippen LogP) is 2.90. The summed E-state index contributed by atoms with van der Waals surface area (Å²) in [6.07, 6.45) is -0.466. The van der Waals surface area contributed by atoms with Crippen LogP contribution >= 0.6 is 0 Å². The molecule has 1 saturated heterocycles. The van der Waals surface area contributed by atoms with Crippen molar-refractivity contribution < 1.29 is 9.53 Å². The van der Waals surface area contributed by atoms with E-state index < -0.39 is 11.7 Å². The van der Waals surface area contributed by atoms with Crippen LogP contribution in [0, 0.1) is 11.3 Å². The Labute approximate surface area is 111 Å². The number of benzene rings is 2. The highest BCUT2D eigenvalue weighted by molar-refractivity contribution is 6.07. The van der Waals surface area contributed by atoms with Crippen molar-refractivity contribution in [3.63, 3.8) is 0 Å². The van der Waals surface area contributed by atoms with Gasteiger partial charge in [-0.2, -0.15) is 5.26 Å². The first kappa shape index (κ1) is 11.6. The largest absolute Gasteiger partial charge is 0.338 e. The van der Waals surface area contributed by atoms with Gasteiger partial charge in [0.05, 0.1) is 0 Å². The Hall–Kier alpha value is -2.44. The van der Waals surface area contributed by atoms with Crippen LogP contribution in [0.15, 0.2) is 60.7 Å². The zero-order chi connectivity index (χ0) is 13.3. The van der Waals surface area contributed by atoms with Crippen molar-refractivity contribution in [2.24, 2.45) is 0 Å². The minimum Gasteiger partial charge on any atom is -0.338 e. The fourth-order valence-corrected chi connectivity index (χ4v) is 2.19. The predicted molar refractivity (Wildman–Crippen MR) is 69.4 cm³/mol. The third-order valence-corrected chi connectivity index (χ3v) is 3.26. The van der Waals surface area contributed by atoms with Crippen LogP contribution in [0.2, 0.25) is 0 Å². The molecule has 0 aromatic heterocycles. The zero-order valence-electron chi connectivity index (χ0n) is 10.1. The molecule has 1 aliphatic heterocycles. The van der Waals surface area contributed by atoms with Crippen LogP contribution in [0.25, 0.3) is 0 Å². The van der Waals surface area contributed by atoms with Crippen LogP contribution in [0.3, 0.4) is 0 Å². The second-order valence-corrected chi connectivity index (χ2v) is 4.45. The quantitative estimate of drug-likeness (QED) is 0.620. The normalized spacial score (nSPS) is 24.5. The lowest BCUT2D eigenvalue weighted by molar-refractivity contribution is 0.0914. The molecule has 0 radical (unpaired) electrons. The lowest BCUT2D eigenvalue weighted by Crippen LogP contribution is -2.23. The van der Waals surface area contributed by atoms with Crippen LogP contribution < -0.4 is 0 Å². The standard InChI is InChI=1S/C16H11NO2/c17-11-16(14(18)12-7-3-1-4-8-12)15(19-16)13-9-5-2-6-10-13/h1-10,15H. The van der Waals surface area contributed by atoms with Crippen molar-refractivity contribution in [2.75, 3.05) is 0 Å². The van der Waals surface area contributed by atoms with Gasteiger partial charge in [0.1, 0.15) is 12.2 Å². The van der Waals surface area contributed by atoms with Crippen molar-refractivity contribution in [2.45, 2.75) is 11.7 Å². The van der Waals surface area contributed by atoms with E-state index in [1.54, 1.807) is 24.3 Å². The van der Waals surface area contributed by atoms with Gasteiger partial charge in [-0.25, -0.2) is 0 Å². The van der Waals surface area contributed by atoms with E-state index in [1.807, 2.05) is 42.5 Å². The summed E-state index contributed by atoms with van der Waals surface area (Å²) in [6, 6.07) is 20.2. The number of carbonyl (C=O) groups excluding carboxylic acids is 1. The third-order valence-electron chi connectivity index (χ3n) is 3.26. The van der Waals surface area contributed by atoms with Gasteiger partial charge in [-0.15, -0.1) is 0 Å². The average molecular weight is 249 g/mol. The van der Waals surface area contributed by atoms with Crippen LogP contribution in [-0.4, -0.2) is 11.4 Å². The van der Waals surface area contributed by atoms with Crippen LogP contribution in [0.4, 0.5) is 0 Å². The van der Waals surface area contributed by atoms with Crippen molar-refractivity contribution in [3.05, 3.63) is 71.8 Å². The molecule has 1 fully saturated rings. The van der Waals surface area contributed by atoms with Crippen LogP contribution in [0.1, 0.15) is 22.0 Å². The Morgan fingerprint density at radius 2 is 1.63 bits per heavy atom. The molecule has 19 heavy (non-hydrogen) atoms. The summed E-state index contributed by atoms with van der Waals surface area (Å²) in [4.78, 5) is 12.4. The number of ether oxygens (including phenoxy) is 1. The average Bonchev–Trinajstić information content (AvgIpc) is 3.24. The maximum atomic E-state index is 12.4. The fraction of sp³-hybridized carbons (Fsp3) is 0.125. The van der Waals surface area contributed by atoms with Crippen LogP contribution in [-0.2, 0) is 4.74 Å². The molecule has 0 spiro atoms. The molecular formula is C16H11NO2. The van der Waals surface area contributed by atoms with E-state index in [2.05, 4.69) is 0 Å². The van der Waals surface area contributed by atoms with E-state index in [0.29, 0.717) is 5.56 Å². The van der Waals surface area contributed by atoms with E-state index >= 15 is 0 Å². The first-order valence-electron chi connectivity index (χ1n) is 6.02. The summed E-state index contributed by atoms with van der Waals surface area (Å²) < 4.78 is 5.45. The van der Waals surface area contributed by atoms with Crippen LogP contribution in [0.5, 0.6) is 0 Å². The van der Waals surface area contributed by atoms with Gasteiger partial charge < -0.3 is 4.74 Å². The first-order valence-corrected chi connectivity index (χ1v) is 6.02. The minimum absolute atomic E-state index is 0.274. The van der Waals surface area contributed by atoms with Crippen molar-refractivity contribution >= 4 is 5.78 Å². The van der Waals surface area contributed by atoms with Gasteiger partial charge in [-0.1, -0.05) is 60.7 Å². The lowest BCUT2D eigenvalue weighted by Gasteiger charge is -2.03. The number of nitrogens with zero attached hydrogens (tertiary/aromatic N) is 1. The van der Waals surface area contributed by atoms with Gasteiger partial charge in [0.2, 0.25) is 11.4 Å². The van der Waals surface area contributed by atoms with Gasteiger partial charge in [0.25, 0.3) is 0 Å². The van der Waals surface area contributed by atoms with Crippen molar-refractivity contribution in [1.29, 1.82) is 5.26 Å². The number of Topliss-reactive ketones (excluding diaryl/α,β-unsaturated/α-hetero) is 1. The van der Waals surface area contributed by atoms with Gasteiger partial charge in [-0.3, -0.25) is 4.79 Å². The Bertz CT molecular complexity index is 645. The molecule has 3 rings (SSSR count). The molecule has 0 N–H and O–H groups in total. The second-order valence-electron chi connectivity index (χ2n) is 4.45. The number of epoxide rings is 1. The molecule has 2 unspecified atom stereocenters. The highest BCUT2D eigenvalue weighted by Crippen LogP contribution is 2.50. The molecular weight excluding hydrogens is 238 g/mol. The minimum atomic E-state index is -1.36. The maximum Gasteiger partial charge on any atom is 0.248 e. The molecule has 0 aliphatic carbocycles. The fourth-order valence-electron chi connectivity index (χ4n) is 2.19. The molecule has 2 atom stereocenters. The number of rotatable bonds is 3. The van der Waals surface area contributed by atoms with E-state index in [9.17, 15) is 10.1 Å². The number of nitriles is 1. The lowest BCUT2D eigenvalue weighted by atomic mass is 9.92. The van der Waals surface area contributed by atoms with Gasteiger partial charge in [0, 0.05) is 5.56 Å². The van der Waals surface area contributed by atoms with E-state index in [-0.39, 0.29) is 5.78 Å². The molecule has 0 saturated carbocycles. The van der Waals surface area contributed by atoms with Gasteiger partial charge in [-0.05, 0) is 5.56 Å². The Morgan fingerprint density at radius 3 is 2.21 bits per heavy atom. The Kier molecular flexibility index (Phi) is 2.66. The van der Waals surface area contributed by atoms with E-state index in [4.69, 9.17) is 4.74 Å². The number of hydrogen-bond acceptors (Lipinski definition) is 3. The Morgan fingerprint density at radius 1 is 1.05 bits per heavy atom. The molecule has 1 aliphatic rings. The summed E-state index contributed by atoms with van der Waals surface area (Å²) in [5.74, 6) is -0.274. The third kappa shape index (κ3) is 1.83. The number of carbonyl (C=O) groups is 1. The molecule has 3 heteroatoms. The zero-order valence-corrected chi connectivity index (χ0v) is 10.1. The molecule has 3 nitrogen and oxygen atoms in total. The summed E-state index contributed by atoms with van der Waals surface area (Å²) in [7, 11) is 0. The number of ketones is 1. The topological polar surface area (TPSA) is 53.4 Å². The van der Waals surface area contributed by atoms with Gasteiger partial charge >= 0.3 is 0 Å². The molecule has 2 aromatic rings. The van der Waals surface area contributed by atoms with Crippen molar-refractivity contribution in [1.82, 2.24) is 0 Å². The molecule has 0 bridgehead atoms. The highest BCUT2D eigenvalue weighted by atomic mass is 16.6. The Balaban J connectivity index is 1.92. The molecule has 2 aromatic carbocycles. The molecule has 92 valence electrons. The molecule has 1 heterocycles. The summed E-state index contributed by atoms with van der Waals surface area (Å²) >= 11 is 0. The monoisotopic (exact) mass is 249 g/mol.